The summed E-state index contributed by atoms with van der Waals surface area (Å²) in [6, 6.07) is -0.368. The second-order valence-electron chi connectivity index (χ2n) is 9.04. The molecule has 0 aliphatic heterocycles. The topological polar surface area (TPSA) is 66.8 Å². The van der Waals surface area contributed by atoms with Gasteiger partial charge in [-0.3, -0.25) is 4.79 Å². The van der Waals surface area contributed by atoms with Gasteiger partial charge in [0.05, 0.1) is 22.5 Å². The van der Waals surface area contributed by atoms with E-state index in [0.717, 1.165) is 5.00 Å². The first-order chi connectivity index (χ1) is 13.8. The van der Waals surface area contributed by atoms with Gasteiger partial charge in [0.2, 0.25) is 0 Å². The fraction of sp³-hybridized carbons (Fsp3) is 0.739. The van der Waals surface area contributed by atoms with E-state index in [4.69, 9.17) is 4.74 Å². The molecule has 172 valence electrons. The van der Waals surface area contributed by atoms with Crippen LogP contribution in [0.1, 0.15) is 83.7 Å². The molecule has 0 bridgehead atoms. The molecule has 30 heavy (non-hydrogen) atoms. The fourth-order valence-corrected chi connectivity index (χ4v) is 4.74. The summed E-state index contributed by atoms with van der Waals surface area (Å²) >= 11 is 1.35. The predicted octanol–water partition coefficient (Wildman–Crippen LogP) is 6.09. The van der Waals surface area contributed by atoms with Crippen molar-refractivity contribution in [1.29, 1.82) is 0 Å². The maximum atomic E-state index is 15.0. The van der Waals surface area contributed by atoms with Crippen molar-refractivity contribution in [1.82, 2.24) is 0 Å². The Hall–Kier alpha value is -1.63. The number of carboxylic acid groups (broad SMARTS) is 1. The zero-order valence-electron chi connectivity index (χ0n) is 19.6. The van der Waals surface area contributed by atoms with Gasteiger partial charge in [-0.15, -0.1) is 11.3 Å². The Bertz CT molecular complexity index is 713. The third-order valence-electron chi connectivity index (χ3n) is 5.60. The lowest BCUT2D eigenvalue weighted by molar-refractivity contribution is -0.161. The summed E-state index contributed by atoms with van der Waals surface area (Å²) in [5.41, 5.74) is 0.418. The second kappa shape index (κ2) is 11.1. The lowest BCUT2D eigenvalue weighted by Crippen LogP contribution is -2.42. The smallest absolute Gasteiger partial charge is 0.336 e. The molecule has 4 atom stereocenters. The molecule has 7 heteroatoms. The molecule has 1 rings (SSSR count). The summed E-state index contributed by atoms with van der Waals surface area (Å²) in [6.07, 6.45) is 0.603. The first kappa shape index (κ1) is 26.4. The van der Waals surface area contributed by atoms with E-state index in [0.29, 0.717) is 31.4 Å². The number of carbonyl (C=O) groups excluding carboxylic acids is 1. The molecule has 0 aliphatic carbocycles. The van der Waals surface area contributed by atoms with Gasteiger partial charge in [-0.05, 0) is 65.4 Å². The Morgan fingerprint density at radius 1 is 1.23 bits per heavy atom. The zero-order valence-corrected chi connectivity index (χ0v) is 20.4. The van der Waals surface area contributed by atoms with Gasteiger partial charge in [0.15, 0.2) is 0 Å². The first-order valence-corrected chi connectivity index (χ1v) is 11.7. The third-order valence-corrected chi connectivity index (χ3v) is 6.72. The van der Waals surface area contributed by atoms with Crippen LogP contribution in [0.5, 0.6) is 0 Å². The van der Waals surface area contributed by atoms with Crippen molar-refractivity contribution in [3.05, 3.63) is 16.5 Å². The average Bonchev–Trinajstić information content (AvgIpc) is 3.03. The highest BCUT2D eigenvalue weighted by molar-refractivity contribution is 7.14. The summed E-state index contributed by atoms with van der Waals surface area (Å²) in [5.74, 6) is -1.42. The van der Waals surface area contributed by atoms with Gasteiger partial charge in [-0.1, -0.05) is 20.8 Å². The first-order valence-electron chi connectivity index (χ1n) is 10.8. The molecule has 0 fully saturated rings. The maximum absolute atomic E-state index is 15.0. The maximum Gasteiger partial charge on any atom is 0.336 e. The van der Waals surface area contributed by atoms with Gasteiger partial charge in [0, 0.05) is 11.9 Å². The minimum absolute atomic E-state index is 0.0455. The van der Waals surface area contributed by atoms with E-state index in [1.54, 1.807) is 12.3 Å². The molecule has 1 aromatic rings. The minimum atomic E-state index is -1.04. The average molecular weight is 444 g/mol. The number of thiophene rings is 1. The van der Waals surface area contributed by atoms with Crippen LogP contribution in [0.15, 0.2) is 5.38 Å². The molecule has 0 spiro atoms. The monoisotopic (exact) mass is 443 g/mol. The fourth-order valence-electron chi connectivity index (χ4n) is 3.54. The van der Waals surface area contributed by atoms with Crippen molar-refractivity contribution in [2.45, 2.75) is 92.5 Å². The molecule has 5 nitrogen and oxygen atoms in total. The summed E-state index contributed by atoms with van der Waals surface area (Å²) in [6.45, 7) is 15.6. The third kappa shape index (κ3) is 6.96. The Kier molecular flexibility index (Phi) is 9.79. The van der Waals surface area contributed by atoms with E-state index in [2.05, 4.69) is 0 Å². The Morgan fingerprint density at radius 3 is 2.27 bits per heavy atom. The van der Waals surface area contributed by atoms with Gasteiger partial charge in [0.25, 0.3) is 0 Å². The SMILES string of the molecule is CCC(F)C(CCC(C)C(C)C(=O)OC(C)(C)C)N(CC)c1scc(C(=O)O)c1C. The number of alkyl halides is 1. The van der Waals surface area contributed by atoms with E-state index < -0.39 is 17.7 Å². The van der Waals surface area contributed by atoms with Gasteiger partial charge in [-0.2, -0.15) is 0 Å². The van der Waals surface area contributed by atoms with Crippen LogP contribution in [-0.2, 0) is 9.53 Å². The standard InChI is InChI=1S/C23H38FNO4S/c1-9-18(24)19(12-11-14(3)15(4)22(28)29-23(6,7)8)25(10-2)20-16(5)17(13-30-20)21(26)27/h13-15,18-19H,9-12H2,1-8H3,(H,26,27). The Labute approximate surface area is 184 Å². The summed E-state index contributed by atoms with van der Waals surface area (Å²) in [5, 5.41) is 11.8. The highest BCUT2D eigenvalue weighted by Gasteiger charge is 2.31. The number of nitrogens with zero attached hydrogens (tertiary/aromatic N) is 1. The van der Waals surface area contributed by atoms with Crippen LogP contribution in [0.25, 0.3) is 0 Å². The zero-order chi connectivity index (χ0) is 23.2. The number of ether oxygens (including phenoxy) is 1. The van der Waals surface area contributed by atoms with Crippen LogP contribution in [0.4, 0.5) is 9.39 Å². The quantitative estimate of drug-likeness (QED) is 0.419. The molecule has 4 unspecified atom stereocenters. The number of esters is 1. The number of carbonyl (C=O) groups is 2. The van der Waals surface area contributed by atoms with Crippen LogP contribution in [0, 0.1) is 18.8 Å². The number of carboxylic acids is 1. The van der Waals surface area contributed by atoms with Crippen molar-refractivity contribution in [2.75, 3.05) is 11.4 Å². The number of anilines is 1. The number of halogens is 1. The number of aromatic carboxylic acids is 1. The molecule has 0 radical (unpaired) electrons. The molecule has 1 heterocycles. The van der Waals surface area contributed by atoms with Crippen LogP contribution in [0.3, 0.4) is 0 Å². The molecule has 0 saturated heterocycles. The second-order valence-corrected chi connectivity index (χ2v) is 9.90. The van der Waals surface area contributed by atoms with E-state index in [-0.39, 0.29) is 29.4 Å². The van der Waals surface area contributed by atoms with E-state index >= 15 is 4.39 Å². The van der Waals surface area contributed by atoms with Crippen LogP contribution in [-0.4, -0.2) is 41.4 Å². The highest BCUT2D eigenvalue weighted by Crippen LogP contribution is 2.35. The van der Waals surface area contributed by atoms with Crippen molar-refractivity contribution in [3.63, 3.8) is 0 Å². The molecule has 1 aromatic heterocycles. The van der Waals surface area contributed by atoms with Crippen LogP contribution in [0.2, 0.25) is 0 Å². The van der Waals surface area contributed by atoms with Crippen molar-refractivity contribution in [2.24, 2.45) is 11.8 Å². The Morgan fingerprint density at radius 2 is 1.83 bits per heavy atom. The number of rotatable bonds is 11. The predicted molar refractivity (Wildman–Crippen MR) is 121 cm³/mol. The number of hydrogen-bond acceptors (Lipinski definition) is 5. The van der Waals surface area contributed by atoms with Crippen molar-refractivity contribution >= 4 is 28.3 Å². The van der Waals surface area contributed by atoms with Crippen LogP contribution < -0.4 is 4.90 Å². The largest absolute Gasteiger partial charge is 0.478 e. The van der Waals surface area contributed by atoms with Gasteiger partial charge in [-0.25, -0.2) is 9.18 Å². The highest BCUT2D eigenvalue weighted by atomic mass is 32.1. The Balaban J connectivity index is 2.99. The van der Waals surface area contributed by atoms with Gasteiger partial charge >= 0.3 is 11.9 Å². The normalized spacial score (nSPS) is 15.9. The summed E-state index contributed by atoms with van der Waals surface area (Å²) in [4.78, 5) is 25.8. The lowest BCUT2D eigenvalue weighted by Gasteiger charge is -2.35. The van der Waals surface area contributed by atoms with Crippen molar-refractivity contribution < 1.29 is 23.8 Å². The molecule has 0 saturated carbocycles. The van der Waals surface area contributed by atoms with Crippen LogP contribution >= 0.6 is 11.3 Å². The van der Waals surface area contributed by atoms with Crippen molar-refractivity contribution in [3.8, 4) is 0 Å². The van der Waals surface area contributed by atoms with E-state index in [1.165, 1.54) is 11.3 Å². The van der Waals surface area contributed by atoms with Gasteiger partial charge < -0.3 is 14.7 Å². The van der Waals surface area contributed by atoms with Gasteiger partial charge in [0.1, 0.15) is 11.8 Å². The molecule has 0 aromatic carbocycles. The summed E-state index contributed by atoms with van der Waals surface area (Å²) in [7, 11) is 0. The molecular formula is C23H38FNO4S. The number of hydrogen-bond donors (Lipinski definition) is 1. The van der Waals surface area contributed by atoms with E-state index in [9.17, 15) is 14.7 Å². The molecule has 0 aliphatic rings. The molecule has 1 N–H and O–H groups in total. The molecule has 0 amide bonds. The lowest BCUT2D eigenvalue weighted by atomic mass is 9.88. The summed E-state index contributed by atoms with van der Waals surface area (Å²) < 4.78 is 20.5. The van der Waals surface area contributed by atoms with E-state index in [1.807, 2.05) is 53.4 Å². The molecular weight excluding hydrogens is 405 g/mol. The minimum Gasteiger partial charge on any atom is -0.478 e.